The van der Waals surface area contributed by atoms with Gasteiger partial charge >= 0.3 is 0 Å². The monoisotopic (exact) mass is 175 g/mol. The predicted octanol–water partition coefficient (Wildman–Crippen LogP) is 0.317. The second-order valence-electron chi connectivity index (χ2n) is 4.30. The molecule has 0 aliphatic heterocycles. The highest BCUT2D eigenvalue weighted by Crippen LogP contribution is 2.05. The summed E-state index contributed by atoms with van der Waals surface area (Å²) < 4.78 is 0. The molecule has 0 aliphatic carbocycles. The second-order valence-corrected chi connectivity index (χ2v) is 4.30. The van der Waals surface area contributed by atoms with E-state index < -0.39 is 5.60 Å². The minimum atomic E-state index is -0.649. The third-order valence-corrected chi connectivity index (χ3v) is 1.59. The summed E-state index contributed by atoms with van der Waals surface area (Å²) in [4.78, 5) is 2.03. The molecule has 74 valence electrons. The lowest BCUT2D eigenvalue weighted by molar-refractivity contribution is 0.0378. The minimum Gasteiger partial charge on any atom is -0.396 e. The van der Waals surface area contributed by atoms with Gasteiger partial charge in [0.2, 0.25) is 0 Å². The largest absolute Gasteiger partial charge is 0.396 e. The van der Waals surface area contributed by atoms with Crippen LogP contribution in [0.2, 0.25) is 0 Å². The molecular weight excluding hydrogens is 154 g/mol. The van der Waals surface area contributed by atoms with Crippen molar-refractivity contribution in [3.63, 3.8) is 0 Å². The maximum absolute atomic E-state index is 9.47. The Morgan fingerprint density at radius 3 is 2.25 bits per heavy atom. The van der Waals surface area contributed by atoms with E-state index in [0.29, 0.717) is 6.54 Å². The Morgan fingerprint density at radius 2 is 1.92 bits per heavy atom. The molecule has 12 heavy (non-hydrogen) atoms. The number of aliphatic hydroxyl groups excluding tert-OH is 1. The standard InChI is InChI=1S/C9H21NO2/c1-8(6-11)5-10(4)7-9(2,3)12/h8,11-12H,5-7H2,1-4H3. The number of aliphatic hydroxyl groups is 2. The predicted molar refractivity (Wildman–Crippen MR) is 50.0 cm³/mol. The molecule has 0 amide bonds. The maximum Gasteiger partial charge on any atom is 0.0718 e. The molecule has 1 unspecified atom stereocenters. The number of hydrogen-bond donors (Lipinski definition) is 2. The van der Waals surface area contributed by atoms with Gasteiger partial charge in [-0.1, -0.05) is 6.92 Å². The van der Waals surface area contributed by atoms with E-state index in [-0.39, 0.29) is 12.5 Å². The van der Waals surface area contributed by atoms with Crippen LogP contribution in [0.4, 0.5) is 0 Å². The fraction of sp³-hybridized carbons (Fsp3) is 1.00. The molecule has 3 heteroatoms. The smallest absolute Gasteiger partial charge is 0.0718 e. The van der Waals surface area contributed by atoms with Gasteiger partial charge in [0, 0.05) is 19.7 Å². The topological polar surface area (TPSA) is 43.7 Å². The Hall–Kier alpha value is -0.120. The van der Waals surface area contributed by atoms with E-state index in [1.807, 2.05) is 18.9 Å². The lowest BCUT2D eigenvalue weighted by atomic mass is 10.1. The van der Waals surface area contributed by atoms with Crippen molar-refractivity contribution in [3.8, 4) is 0 Å². The van der Waals surface area contributed by atoms with Crippen LogP contribution in [0.5, 0.6) is 0 Å². The Kier molecular flexibility index (Phi) is 4.75. The van der Waals surface area contributed by atoms with Gasteiger partial charge in [-0.15, -0.1) is 0 Å². The van der Waals surface area contributed by atoms with E-state index in [4.69, 9.17) is 5.11 Å². The molecule has 0 aromatic rings. The van der Waals surface area contributed by atoms with Gasteiger partial charge in [0.05, 0.1) is 5.60 Å². The van der Waals surface area contributed by atoms with Crippen LogP contribution in [0.15, 0.2) is 0 Å². The fourth-order valence-corrected chi connectivity index (χ4v) is 1.31. The van der Waals surface area contributed by atoms with Crippen LogP contribution in [0.3, 0.4) is 0 Å². The highest BCUT2D eigenvalue weighted by molar-refractivity contribution is 4.70. The van der Waals surface area contributed by atoms with Crippen LogP contribution in [-0.2, 0) is 0 Å². The van der Waals surface area contributed by atoms with Gasteiger partial charge < -0.3 is 15.1 Å². The van der Waals surface area contributed by atoms with Gasteiger partial charge in [0.1, 0.15) is 0 Å². The number of likely N-dealkylation sites (N-methyl/N-ethyl adjacent to an activating group) is 1. The van der Waals surface area contributed by atoms with Gasteiger partial charge in [-0.05, 0) is 26.8 Å². The summed E-state index contributed by atoms with van der Waals surface area (Å²) in [5.74, 6) is 0.275. The second kappa shape index (κ2) is 4.80. The molecule has 0 fully saturated rings. The minimum absolute atomic E-state index is 0.205. The van der Waals surface area contributed by atoms with E-state index in [2.05, 4.69) is 0 Å². The number of hydrogen-bond acceptors (Lipinski definition) is 3. The highest BCUT2D eigenvalue weighted by Gasteiger charge is 2.16. The van der Waals surface area contributed by atoms with Crippen molar-refractivity contribution in [1.29, 1.82) is 0 Å². The molecule has 0 saturated heterocycles. The average Bonchev–Trinajstić information content (AvgIpc) is 1.82. The van der Waals surface area contributed by atoms with Crippen LogP contribution >= 0.6 is 0 Å². The summed E-state index contributed by atoms with van der Waals surface area (Å²) in [5.41, 5.74) is -0.649. The Labute approximate surface area is 75.0 Å². The van der Waals surface area contributed by atoms with Crippen molar-refractivity contribution in [1.82, 2.24) is 4.90 Å². The molecule has 0 radical (unpaired) electrons. The van der Waals surface area contributed by atoms with E-state index >= 15 is 0 Å². The van der Waals surface area contributed by atoms with Crippen molar-refractivity contribution in [2.24, 2.45) is 5.92 Å². The van der Waals surface area contributed by atoms with E-state index in [1.54, 1.807) is 13.8 Å². The molecule has 2 N–H and O–H groups in total. The third-order valence-electron chi connectivity index (χ3n) is 1.59. The molecule has 0 aliphatic rings. The average molecular weight is 175 g/mol. The van der Waals surface area contributed by atoms with Crippen LogP contribution in [0.25, 0.3) is 0 Å². The van der Waals surface area contributed by atoms with Gasteiger partial charge in [-0.3, -0.25) is 0 Å². The Balaban J connectivity index is 3.66. The lowest BCUT2D eigenvalue weighted by Gasteiger charge is -2.27. The van der Waals surface area contributed by atoms with Crippen molar-refractivity contribution in [2.75, 3.05) is 26.7 Å². The van der Waals surface area contributed by atoms with E-state index in [0.717, 1.165) is 6.54 Å². The van der Waals surface area contributed by atoms with Crippen LogP contribution < -0.4 is 0 Å². The molecule has 0 aromatic carbocycles. The SMILES string of the molecule is CC(CO)CN(C)CC(C)(C)O. The van der Waals surface area contributed by atoms with Gasteiger partial charge in [0.25, 0.3) is 0 Å². The zero-order valence-electron chi connectivity index (χ0n) is 8.54. The fourth-order valence-electron chi connectivity index (χ4n) is 1.31. The summed E-state index contributed by atoms with van der Waals surface area (Å²) >= 11 is 0. The summed E-state index contributed by atoms with van der Waals surface area (Å²) in [5, 5.41) is 18.3. The zero-order chi connectivity index (χ0) is 9.78. The summed E-state index contributed by atoms with van der Waals surface area (Å²) in [6, 6.07) is 0. The van der Waals surface area contributed by atoms with Crippen molar-refractivity contribution in [3.05, 3.63) is 0 Å². The maximum atomic E-state index is 9.47. The van der Waals surface area contributed by atoms with Crippen molar-refractivity contribution >= 4 is 0 Å². The highest BCUT2D eigenvalue weighted by atomic mass is 16.3. The zero-order valence-corrected chi connectivity index (χ0v) is 8.54. The molecule has 0 rings (SSSR count). The van der Waals surface area contributed by atoms with Crippen LogP contribution in [-0.4, -0.2) is 47.5 Å². The molecule has 1 atom stereocenters. The first-order chi connectivity index (χ1) is 5.35. The molecule has 0 aromatic heterocycles. The summed E-state index contributed by atoms with van der Waals surface area (Å²) in [7, 11) is 1.95. The molecular formula is C9H21NO2. The number of rotatable bonds is 5. The third kappa shape index (κ3) is 6.58. The molecule has 0 saturated carbocycles. The summed E-state index contributed by atoms with van der Waals surface area (Å²) in [6.45, 7) is 7.22. The molecule has 0 heterocycles. The quantitative estimate of drug-likeness (QED) is 0.632. The van der Waals surface area contributed by atoms with Crippen molar-refractivity contribution in [2.45, 2.75) is 26.4 Å². The van der Waals surface area contributed by atoms with Gasteiger partial charge in [-0.2, -0.15) is 0 Å². The molecule has 0 bridgehead atoms. The van der Waals surface area contributed by atoms with Crippen LogP contribution in [0, 0.1) is 5.92 Å². The Morgan fingerprint density at radius 1 is 1.42 bits per heavy atom. The first-order valence-corrected chi connectivity index (χ1v) is 4.37. The van der Waals surface area contributed by atoms with Gasteiger partial charge in [0.15, 0.2) is 0 Å². The lowest BCUT2D eigenvalue weighted by Crippen LogP contribution is -2.38. The van der Waals surface area contributed by atoms with Crippen LogP contribution in [0.1, 0.15) is 20.8 Å². The first-order valence-electron chi connectivity index (χ1n) is 4.37. The van der Waals surface area contributed by atoms with E-state index in [9.17, 15) is 5.11 Å². The van der Waals surface area contributed by atoms with E-state index in [1.165, 1.54) is 0 Å². The first kappa shape index (κ1) is 11.9. The van der Waals surface area contributed by atoms with Crippen molar-refractivity contribution < 1.29 is 10.2 Å². The number of nitrogens with zero attached hydrogens (tertiary/aromatic N) is 1. The Bertz CT molecular complexity index is 120. The normalized spacial score (nSPS) is 15.2. The van der Waals surface area contributed by atoms with Gasteiger partial charge in [-0.25, -0.2) is 0 Å². The summed E-state index contributed by atoms with van der Waals surface area (Å²) in [6.07, 6.45) is 0. The molecule has 3 nitrogen and oxygen atoms in total. The molecule has 0 spiro atoms.